The molecule has 0 saturated heterocycles. The average Bonchev–Trinajstić information content (AvgIpc) is 2.57. The maximum absolute atomic E-state index is 12.1. The first-order chi connectivity index (χ1) is 12.0. The Morgan fingerprint density at radius 1 is 0.880 bits per heavy atom. The predicted molar refractivity (Wildman–Crippen MR) is 105 cm³/mol. The van der Waals surface area contributed by atoms with E-state index in [0.29, 0.717) is 5.92 Å². The van der Waals surface area contributed by atoms with E-state index in [9.17, 15) is 8.42 Å². The van der Waals surface area contributed by atoms with Crippen molar-refractivity contribution in [1.82, 2.24) is 0 Å². The molecule has 25 heavy (non-hydrogen) atoms. The first-order valence-electron chi connectivity index (χ1n) is 9.92. The first-order valence-corrected chi connectivity index (χ1v) is 11.3. The normalized spacial score (nSPS) is 13.1. The van der Waals surface area contributed by atoms with Crippen LogP contribution in [-0.4, -0.2) is 15.0 Å². The van der Waals surface area contributed by atoms with Crippen LogP contribution in [0.3, 0.4) is 0 Å². The van der Waals surface area contributed by atoms with Gasteiger partial charge >= 0.3 is 0 Å². The van der Waals surface area contributed by atoms with Crippen LogP contribution in [0.2, 0.25) is 0 Å². The highest BCUT2D eigenvalue weighted by Crippen LogP contribution is 2.18. The summed E-state index contributed by atoms with van der Waals surface area (Å²) >= 11 is 0. The Labute approximate surface area is 155 Å². The Kier molecular flexibility index (Phi) is 11.1. The van der Waals surface area contributed by atoms with E-state index in [1.54, 1.807) is 24.3 Å². The van der Waals surface area contributed by atoms with E-state index in [4.69, 9.17) is 4.18 Å². The number of benzene rings is 1. The van der Waals surface area contributed by atoms with E-state index in [-0.39, 0.29) is 11.5 Å². The highest BCUT2D eigenvalue weighted by atomic mass is 32.2. The minimum atomic E-state index is -3.61. The molecule has 0 aliphatic heterocycles. The molecule has 0 spiro atoms. The van der Waals surface area contributed by atoms with Crippen LogP contribution in [0.4, 0.5) is 0 Å². The summed E-state index contributed by atoms with van der Waals surface area (Å²) in [5, 5.41) is 0. The lowest BCUT2D eigenvalue weighted by Crippen LogP contribution is -2.10. The number of rotatable bonds is 14. The molecule has 0 fully saturated rings. The minimum Gasteiger partial charge on any atom is -0.266 e. The van der Waals surface area contributed by atoms with E-state index >= 15 is 0 Å². The largest absolute Gasteiger partial charge is 0.296 e. The van der Waals surface area contributed by atoms with E-state index in [0.717, 1.165) is 18.4 Å². The summed E-state index contributed by atoms with van der Waals surface area (Å²) in [4.78, 5) is 0.244. The number of hydrogen-bond donors (Lipinski definition) is 0. The van der Waals surface area contributed by atoms with E-state index in [1.165, 1.54) is 51.4 Å². The molecular weight excluding hydrogens is 332 g/mol. The van der Waals surface area contributed by atoms with Crippen LogP contribution in [0, 0.1) is 12.8 Å². The molecule has 0 heterocycles. The molecule has 1 atom stereocenters. The van der Waals surface area contributed by atoms with Gasteiger partial charge in [-0.05, 0) is 31.4 Å². The van der Waals surface area contributed by atoms with Gasteiger partial charge in [0.25, 0.3) is 10.1 Å². The fourth-order valence-electron chi connectivity index (χ4n) is 2.90. The molecule has 0 radical (unpaired) electrons. The molecule has 1 aromatic carbocycles. The Morgan fingerprint density at radius 3 is 2.04 bits per heavy atom. The highest BCUT2D eigenvalue weighted by Gasteiger charge is 2.15. The third-order valence-electron chi connectivity index (χ3n) is 4.71. The summed E-state index contributed by atoms with van der Waals surface area (Å²) in [5.41, 5.74) is 1.04. The van der Waals surface area contributed by atoms with Crippen LogP contribution in [0.1, 0.15) is 83.6 Å². The fraction of sp³-hybridized carbons (Fsp3) is 0.714. The van der Waals surface area contributed by atoms with Gasteiger partial charge in [0.15, 0.2) is 0 Å². The summed E-state index contributed by atoms with van der Waals surface area (Å²) in [6, 6.07) is 6.80. The van der Waals surface area contributed by atoms with Gasteiger partial charge in [0, 0.05) is 0 Å². The molecule has 4 heteroatoms. The standard InChI is InChI=1S/C21H36O3S/c1-4-5-6-7-8-9-10-11-12-19(2)17-18-24-25(22,23)21-15-13-20(3)14-16-21/h13-16,19H,4-12,17-18H2,1-3H3/t19-/m1/s1. The van der Waals surface area contributed by atoms with Gasteiger partial charge in [-0.15, -0.1) is 0 Å². The molecule has 144 valence electrons. The van der Waals surface area contributed by atoms with Gasteiger partial charge in [-0.1, -0.05) is 89.3 Å². The molecule has 0 bridgehead atoms. The maximum atomic E-state index is 12.1. The first kappa shape index (κ1) is 22.2. The van der Waals surface area contributed by atoms with Crippen molar-refractivity contribution in [3.05, 3.63) is 29.8 Å². The van der Waals surface area contributed by atoms with Crippen LogP contribution in [-0.2, 0) is 14.3 Å². The Hall–Kier alpha value is -0.870. The highest BCUT2D eigenvalue weighted by molar-refractivity contribution is 7.86. The smallest absolute Gasteiger partial charge is 0.266 e. The lowest BCUT2D eigenvalue weighted by molar-refractivity contribution is 0.280. The SMILES string of the molecule is CCCCCCCCCC[C@@H](C)CCOS(=O)(=O)c1ccc(C)cc1. The molecule has 0 amide bonds. The third kappa shape index (κ3) is 10.0. The van der Waals surface area contributed by atoms with Crippen LogP contribution in [0.5, 0.6) is 0 Å². The summed E-state index contributed by atoms with van der Waals surface area (Å²) in [6.07, 6.45) is 12.6. The van der Waals surface area contributed by atoms with Gasteiger partial charge in [-0.3, -0.25) is 4.18 Å². The minimum absolute atomic E-state index is 0.244. The molecule has 0 N–H and O–H groups in total. The quantitative estimate of drug-likeness (QED) is 0.287. The fourth-order valence-corrected chi connectivity index (χ4v) is 3.82. The van der Waals surface area contributed by atoms with Crippen molar-refractivity contribution >= 4 is 10.1 Å². The molecule has 1 rings (SSSR count). The molecule has 1 aromatic rings. The van der Waals surface area contributed by atoms with Gasteiger partial charge < -0.3 is 0 Å². The number of aryl methyl sites for hydroxylation is 1. The Bertz CT molecular complexity index is 549. The lowest BCUT2D eigenvalue weighted by atomic mass is 9.99. The Balaban J connectivity index is 2.11. The third-order valence-corrected chi connectivity index (χ3v) is 6.04. The van der Waals surface area contributed by atoms with Gasteiger partial charge in [0.05, 0.1) is 11.5 Å². The molecule has 3 nitrogen and oxygen atoms in total. The lowest BCUT2D eigenvalue weighted by Gasteiger charge is -2.12. The van der Waals surface area contributed by atoms with Crippen molar-refractivity contribution < 1.29 is 12.6 Å². The molecule has 0 saturated carbocycles. The van der Waals surface area contributed by atoms with Crippen LogP contribution >= 0.6 is 0 Å². The summed E-state index contributed by atoms with van der Waals surface area (Å²) < 4.78 is 29.4. The van der Waals surface area contributed by atoms with E-state index < -0.39 is 10.1 Å². The predicted octanol–water partition coefficient (Wildman–Crippen LogP) is 6.26. The summed E-state index contributed by atoms with van der Waals surface area (Å²) in [6.45, 7) is 6.64. The zero-order chi connectivity index (χ0) is 18.5. The summed E-state index contributed by atoms with van der Waals surface area (Å²) in [5.74, 6) is 0.508. The monoisotopic (exact) mass is 368 g/mol. The van der Waals surface area contributed by atoms with Crippen molar-refractivity contribution in [3.63, 3.8) is 0 Å². The Morgan fingerprint density at radius 2 is 1.44 bits per heavy atom. The second kappa shape index (κ2) is 12.5. The molecule has 0 unspecified atom stereocenters. The summed E-state index contributed by atoms with van der Waals surface area (Å²) in [7, 11) is -3.61. The second-order valence-corrected chi connectivity index (χ2v) is 8.86. The van der Waals surface area contributed by atoms with Gasteiger partial charge in [0.2, 0.25) is 0 Å². The molecule has 0 aliphatic rings. The second-order valence-electron chi connectivity index (χ2n) is 7.25. The van der Waals surface area contributed by atoms with Gasteiger partial charge in [-0.2, -0.15) is 8.42 Å². The van der Waals surface area contributed by atoms with Gasteiger partial charge in [0.1, 0.15) is 0 Å². The van der Waals surface area contributed by atoms with Crippen molar-refractivity contribution in [3.8, 4) is 0 Å². The van der Waals surface area contributed by atoms with Crippen LogP contribution in [0.25, 0.3) is 0 Å². The van der Waals surface area contributed by atoms with Gasteiger partial charge in [-0.25, -0.2) is 0 Å². The molecule has 0 aromatic heterocycles. The van der Waals surface area contributed by atoms with E-state index in [2.05, 4.69) is 13.8 Å². The molecular formula is C21H36O3S. The van der Waals surface area contributed by atoms with Crippen molar-refractivity contribution in [2.45, 2.75) is 89.9 Å². The zero-order valence-electron chi connectivity index (χ0n) is 16.3. The van der Waals surface area contributed by atoms with Crippen LogP contribution < -0.4 is 0 Å². The van der Waals surface area contributed by atoms with Crippen molar-refractivity contribution in [2.24, 2.45) is 5.92 Å². The van der Waals surface area contributed by atoms with Crippen LogP contribution in [0.15, 0.2) is 29.2 Å². The number of unbranched alkanes of at least 4 members (excludes halogenated alkanes) is 7. The number of hydrogen-bond acceptors (Lipinski definition) is 3. The van der Waals surface area contributed by atoms with E-state index in [1.807, 2.05) is 6.92 Å². The molecule has 0 aliphatic carbocycles. The van der Waals surface area contributed by atoms with Crippen molar-refractivity contribution in [2.75, 3.05) is 6.61 Å². The maximum Gasteiger partial charge on any atom is 0.296 e. The van der Waals surface area contributed by atoms with Crippen molar-refractivity contribution in [1.29, 1.82) is 0 Å². The average molecular weight is 369 g/mol. The topological polar surface area (TPSA) is 43.4 Å². The zero-order valence-corrected chi connectivity index (χ0v) is 17.1.